The standard InChI is InChI=1S/C21H29ClN6O2.HI/c1-2-23-21(28-13-11-27(12-14-28)16-19-9-15-30-26-19)24-10-3-4-20(29)25-18-7-5-17(22)6-8-18;/h5-9,15H,2-4,10-14,16H2,1H3,(H,23,24)(H,25,29);1H. The van der Waals surface area contributed by atoms with Crippen molar-refractivity contribution in [3.05, 3.63) is 47.3 Å². The van der Waals surface area contributed by atoms with Crippen LogP contribution in [-0.4, -0.2) is 66.1 Å². The van der Waals surface area contributed by atoms with Crippen molar-refractivity contribution in [1.29, 1.82) is 0 Å². The molecule has 8 nitrogen and oxygen atoms in total. The molecule has 0 bridgehead atoms. The molecule has 0 spiro atoms. The van der Waals surface area contributed by atoms with Crippen LogP contribution in [0.25, 0.3) is 0 Å². The zero-order valence-corrected chi connectivity index (χ0v) is 20.8. The molecule has 1 amide bonds. The minimum atomic E-state index is -0.0148. The van der Waals surface area contributed by atoms with Crippen LogP contribution in [0.3, 0.4) is 0 Å². The Kier molecular flexibility index (Phi) is 11.1. The highest BCUT2D eigenvalue weighted by Crippen LogP contribution is 2.14. The molecule has 1 aliphatic heterocycles. The van der Waals surface area contributed by atoms with E-state index in [4.69, 9.17) is 21.1 Å². The fourth-order valence-electron chi connectivity index (χ4n) is 3.27. The number of carbonyl (C=O) groups excluding carboxylic acids is 1. The molecule has 1 aromatic heterocycles. The van der Waals surface area contributed by atoms with Crippen LogP contribution in [-0.2, 0) is 11.3 Å². The first-order valence-electron chi connectivity index (χ1n) is 10.3. The molecule has 0 saturated carbocycles. The van der Waals surface area contributed by atoms with Crippen molar-refractivity contribution in [1.82, 2.24) is 20.3 Å². The monoisotopic (exact) mass is 560 g/mol. The predicted octanol–water partition coefficient (Wildman–Crippen LogP) is 3.45. The summed E-state index contributed by atoms with van der Waals surface area (Å²) in [5, 5.41) is 10.9. The molecule has 1 aromatic carbocycles. The van der Waals surface area contributed by atoms with Gasteiger partial charge in [-0.25, -0.2) is 0 Å². The average Bonchev–Trinajstić information content (AvgIpc) is 3.26. The number of nitrogens with zero attached hydrogens (tertiary/aromatic N) is 4. The summed E-state index contributed by atoms with van der Waals surface area (Å²) in [5.41, 5.74) is 1.71. The normalized spacial score (nSPS) is 14.8. The molecule has 2 heterocycles. The van der Waals surface area contributed by atoms with Crippen LogP contribution in [0.4, 0.5) is 5.69 Å². The second-order valence-electron chi connectivity index (χ2n) is 7.15. The highest BCUT2D eigenvalue weighted by molar-refractivity contribution is 14.0. The third-order valence-electron chi connectivity index (χ3n) is 4.84. The number of hydrogen-bond acceptors (Lipinski definition) is 5. The number of halogens is 2. The van der Waals surface area contributed by atoms with Crippen molar-refractivity contribution in [2.75, 3.05) is 44.6 Å². The molecule has 3 rings (SSSR count). The Bertz CT molecular complexity index is 808. The maximum atomic E-state index is 12.1. The summed E-state index contributed by atoms with van der Waals surface area (Å²) in [6.07, 6.45) is 2.73. The Labute approximate surface area is 205 Å². The molecule has 1 saturated heterocycles. The second-order valence-corrected chi connectivity index (χ2v) is 7.58. The summed E-state index contributed by atoms with van der Waals surface area (Å²) in [5.74, 6) is 0.899. The zero-order valence-electron chi connectivity index (χ0n) is 17.7. The van der Waals surface area contributed by atoms with E-state index >= 15 is 0 Å². The Hall–Kier alpha value is -1.85. The number of carbonyl (C=O) groups is 1. The molecule has 170 valence electrons. The van der Waals surface area contributed by atoms with Crippen LogP contribution < -0.4 is 10.6 Å². The number of aliphatic imine (C=N–C) groups is 1. The van der Waals surface area contributed by atoms with Gasteiger partial charge in [-0.2, -0.15) is 0 Å². The first kappa shape index (κ1) is 25.4. The first-order chi connectivity index (χ1) is 14.6. The van der Waals surface area contributed by atoms with Gasteiger partial charge in [0.2, 0.25) is 5.91 Å². The van der Waals surface area contributed by atoms with Crippen molar-refractivity contribution in [3.8, 4) is 0 Å². The largest absolute Gasteiger partial charge is 0.364 e. The number of benzene rings is 1. The summed E-state index contributed by atoms with van der Waals surface area (Å²) in [6, 6.07) is 9.01. The Balaban J connectivity index is 0.00000341. The third-order valence-corrected chi connectivity index (χ3v) is 5.09. The van der Waals surface area contributed by atoms with E-state index in [0.717, 1.165) is 56.6 Å². The van der Waals surface area contributed by atoms with E-state index < -0.39 is 0 Å². The van der Waals surface area contributed by atoms with E-state index in [2.05, 4.69) is 32.5 Å². The van der Waals surface area contributed by atoms with Gasteiger partial charge in [0.05, 0.1) is 5.69 Å². The van der Waals surface area contributed by atoms with Gasteiger partial charge >= 0.3 is 0 Å². The first-order valence-corrected chi connectivity index (χ1v) is 10.7. The molecule has 1 fully saturated rings. The predicted molar refractivity (Wildman–Crippen MR) is 134 cm³/mol. The van der Waals surface area contributed by atoms with E-state index in [0.29, 0.717) is 24.4 Å². The molecular weight excluding hydrogens is 531 g/mol. The average molecular weight is 561 g/mol. The quantitative estimate of drug-likeness (QED) is 0.223. The molecule has 10 heteroatoms. The summed E-state index contributed by atoms with van der Waals surface area (Å²) in [7, 11) is 0. The number of rotatable bonds is 8. The minimum absolute atomic E-state index is 0. The Morgan fingerprint density at radius 3 is 2.58 bits per heavy atom. The Morgan fingerprint density at radius 1 is 1.19 bits per heavy atom. The van der Waals surface area contributed by atoms with Gasteiger partial charge in [-0.05, 0) is 37.6 Å². The summed E-state index contributed by atoms with van der Waals surface area (Å²) in [4.78, 5) is 21.5. The number of anilines is 1. The van der Waals surface area contributed by atoms with Crippen LogP contribution >= 0.6 is 35.6 Å². The van der Waals surface area contributed by atoms with Crippen LogP contribution in [0.2, 0.25) is 5.02 Å². The van der Waals surface area contributed by atoms with Crippen LogP contribution in [0, 0.1) is 0 Å². The van der Waals surface area contributed by atoms with Crippen LogP contribution in [0.5, 0.6) is 0 Å². The van der Waals surface area contributed by atoms with Gasteiger partial charge in [0, 0.05) is 69.0 Å². The maximum Gasteiger partial charge on any atom is 0.224 e. The fraction of sp³-hybridized carbons (Fsp3) is 0.476. The maximum absolute atomic E-state index is 12.1. The van der Waals surface area contributed by atoms with Gasteiger partial charge in [-0.1, -0.05) is 16.8 Å². The number of aromatic nitrogens is 1. The molecule has 1 aliphatic rings. The SMILES string of the molecule is CCNC(=NCCCC(=O)Nc1ccc(Cl)cc1)N1CCN(Cc2ccon2)CC1.I. The summed E-state index contributed by atoms with van der Waals surface area (Å²) >= 11 is 5.86. The molecule has 0 radical (unpaired) electrons. The molecule has 0 unspecified atom stereocenters. The second kappa shape index (κ2) is 13.5. The minimum Gasteiger partial charge on any atom is -0.364 e. The van der Waals surface area contributed by atoms with Crippen molar-refractivity contribution < 1.29 is 9.32 Å². The van der Waals surface area contributed by atoms with Crippen LogP contribution in [0.15, 0.2) is 46.1 Å². The molecule has 31 heavy (non-hydrogen) atoms. The highest BCUT2D eigenvalue weighted by Gasteiger charge is 2.20. The lowest BCUT2D eigenvalue weighted by Crippen LogP contribution is -2.52. The van der Waals surface area contributed by atoms with Gasteiger partial charge in [0.1, 0.15) is 6.26 Å². The van der Waals surface area contributed by atoms with E-state index in [1.165, 1.54) is 0 Å². The topological polar surface area (TPSA) is 86.0 Å². The smallest absolute Gasteiger partial charge is 0.224 e. The van der Waals surface area contributed by atoms with E-state index in [-0.39, 0.29) is 29.9 Å². The van der Waals surface area contributed by atoms with Gasteiger partial charge in [0.15, 0.2) is 5.96 Å². The number of piperazine rings is 1. The van der Waals surface area contributed by atoms with Gasteiger partial charge in [0.25, 0.3) is 0 Å². The van der Waals surface area contributed by atoms with Crippen molar-refractivity contribution in [3.63, 3.8) is 0 Å². The molecule has 2 N–H and O–H groups in total. The Morgan fingerprint density at radius 2 is 1.94 bits per heavy atom. The van der Waals surface area contributed by atoms with Crippen LogP contribution in [0.1, 0.15) is 25.5 Å². The summed E-state index contributed by atoms with van der Waals surface area (Å²) < 4.78 is 4.91. The number of nitrogens with one attached hydrogen (secondary N) is 2. The molecule has 0 aliphatic carbocycles. The van der Waals surface area contributed by atoms with Gasteiger partial charge in [-0.3, -0.25) is 14.7 Å². The third kappa shape index (κ3) is 8.66. The lowest BCUT2D eigenvalue weighted by molar-refractivity contribution is -0.116. The zero-order chi connectivity index (χ0) is 21.2. The number of amides is 1. The van der Waals surface area contributed by atoms with Crippen molar-refractivity contribution in [2.45, 2.75) is 26.3 Å². The molecular formula is C21H30ClIN6O2. The van der Waals surface area contributed by atoms with Gasteiger partial charge < -0.3 is 20.1 Å². The van der Waals surface area contributed by atoms with E-state index in [9.17, 15) is 4.79 Å². The van der Waals surface area contributed by atoms with Gasteiger partial charge in [-0.15, -0.1) is 24.0 Å². The molecule has 0 atom stereocenters. The fourth-order valence-corrected chi connectivity index (χ4v) is 3.40. The summed E-state index contributed by atoms with van der Waals surface area (Å²) in [6.45, 7) is 7.99. The van der Waals surface area contributed by atoms with Crippen molar-refractivity contribution in [2.24, 2.45) is 4.99 Å². The molecule has 2 aromatic rings. The lowest BCUT2D eigenvalue weighted by atomic mass is 10.2. The van der Waals surface area contributed by atoms with Crippen molar-refractivity contribution >= 4 is 53.1 Å². The highest BCUT2D eigenvalue weighted by atomic mass is 127. The lowest BCUT2D eigenvalue weighted by Gasteiger charge is -2.36. The number of hydrogen-bond donors (Lipinski definition) is 2. The van der Waals surface area contributed by atoms with E-state index in [1.807, 2.05) is 6.07 Å². The van der Waals surface area contributed by atoms with E-state index in [1.54, 1.807) is 30.5 Å². The number of guanidine groups is 1.